The maximum Gasteiger partial charge on any atom is -0.00104 e. The molecule has 0 fully saturated rings. The second-order valence-electron chi connectivity index (χ2n) is 3.46. The fourth-order valence-electron chi connectivity index (χ4n) is 2.33. The lowest BCUT2D eigenvalue weighted by atomic mass is 9.82. The number of hydrogen-bond donors (Lipinski definition) is 0. The lowest BCUT2D eigenvalue weighted by molar-refractivity contribution is 0.368. The lowest BCUT2D eigenvalue weighted by Crippen LogP contribution is -2.14. The van der Waals surface area contributed by atoms with Crippen molar-refractivity contribution in [1.29, 1.82) is 0 Å². The minimum absolute atomic E-state index is 0.787. The summed E-state index contributed by atoms with van der Waals surface area (Å²) >= 11 is 0. The molecular weight excluding hydrogens is 120 g/mol. The Balaban J connectivity index is 2.24. The second kappa shape index (κ2) is 1.98. The third-order valence-corrected chi connectivity index (χ3v) is 3.03. The number of fused-ring (bicyclic) bond motifs is 1. The Bertz CT molecular complexity index is 198. The van der Waals surface area contributed by atoms with Crippen molar-refractivity contribution in [1.82, 2.24) is 0 Å². The first kappa shape index (κ1) is 6.21. The molecule has 0 aromatic heterocycles. The molecule has 0 saturated carbocycles. The van der Waals surface area contributed by atoms with Crippen LogP contribution in [0.1, 0.15) is 20.3 Å². The molecule has 0 heterocycles. The molecule has 3 atom stereocenters. The Morgan fingerprint density at radius 2 is 2.30 bits per heavy atom. The van der Waals surface area contributed by atoms with E-state index in [1.807, 2.05) is 0 Å². The van der Waals surface area contributed by atoms with Crippen molar-refractivity contribution in [3.8, 4) is 0 Å². The Hall–Kier alpha value is -0.520. The van der Waals surface area contributed by atoms with Crippen LogP contribution in [0.2, 0.25) is 0 Å². The van der Waals surface area contributed by atoms with Crippen molar-refractivity contribution < 1.29 is 0 Å². The molecule has 0 saturated heterocycles. The first-order valence-electron chi connectivity index (χ1n) is 4.23. The van der Waals surface area contributed by atoms with Gasteiger partial charge in [0.2, 0.25) is 0 Å². The highest BCUT2D eigenvalue weighted by Crippen LogP contribution is 2.43. The van der Waals surface area contributed by atoms with Crippen LogP contribution in [0.4, 0.5) is 0 Å². The van der Waals surface area contributed by atoms with E-state index in [1.165, 1.54) is 6.42 Å². The fraction of sp³-hybridized carbons (Fsp3) is 0.600. The molecule has 2 aliphatic carbocycles. The van der Waals surface area contributed by atoms with E-state index in [4.69, 9.17) is 0 Å². The van der Waals surface area contributed by atoms with Gasteiger partial charge in [0.05, 0.1) is 0 Å². The van der Waals surface area contributed by atoms with E-state index in [-0.39, 0.29) is 0 Å². The van der Waals surface area contributed by atoms with Crippen molar-refractivity contribution in [2.24, 2.45) is 17.8 Å². The van der Waals surface area contributed by atoms with Gasteiger partial charge in [0, 0.05) is 0 Å². The summed E-state index contributed by atoms with van der Waals surface area (Å²) in [4.78, 5) is 0. The van der Waals surface area contributed by atoms with E-state index in [9.17, 15) is 0 Å². The topological polar surface area (TPSA) is 0 Å². The molecule has 0 aliphatic heterocycles. The average Bonchev–Trinajstić information content (AvgIpc) is 2.46. The molecule has 0 heteroatoms. The average molecular weight is 134 g/mol. The maximum atomic E-state index is 2.43. The molecule has 0 nitrogen and oxygen atoms in total. The molecule has 54 valence electrons. The van der Waals surface area contributed by atoms with E-state index in [0.717, 1.165) is 17.8 Å². The van der Waals surface area contributed by atoms with Gasteiger partial charge in [-0.3, -0.25) is 0 Å². The molecule has 0 aromatic carbocycles. The summed E-state index contributed by atoms with van der Waals surface area (Å²) in [5.41, 5.74) is 1.58. The van der Waals surface area contributed by atoms with Gasteiger partial charge in [-0.1, -0.05) is 38.5 Å². The van der Waals surface area contributed by atoms with E-state index < -0.39 is 0 Å². The quantitative estimate of drug-likeness (QED) is 0.517. The minimum Gasteiger partial charge on any atom is -0.0770 e. The number of hydrogen-bond acceptors (Lipinski definition) is 0. The molecular formula is C10H14. The van der Waals surface area contributed by atoms with Crippen molar-refractivity contribution in [3.63, 3.8) is 0 Å². The first-order chi connectivity index (χ1) is 4.83. The summed E-state index contributed by atoms with van der Waals surface area (Å²) in [6.07, 6.45) is 8.40. The smallest absolute Gasteiger partial charge is 0.00104 e. The van der Waals surface area contributed by atoms with Gasteiger partial charge in [0.15, 0.2) is 0 Å². The molecule has 0 spiro atoms. The van der Waals surface area contributed by atoms with Crippen LogP contribution in [0.15, 0.2) is 23.8 Å². The molecule has 0 aromatic rings. The summed E-state index contributed by atoms with van der Waals surface area (Å²) < 4.78 is 0. The lowest BCUT2D eigenvalue weighted by Gasteiger charge is -2.22. The second-order valence-corrected chi connectivity index (χ2v) is 3.46. The van der Waals surface area contributed by atoms with Gasteiger partial charge >= 0.3 is 0 Å². The van der Waals surface area contributed by atoms with E-state index >= 15 is 0 Å². The third kappa shape index (κ3) is 0.622. The monoisotopic (exact) mass is 134 g/mol. The van der Waals surface area contributed by atoms with Crippen LogP contribution in [-0.2, 0) is 0 Å². The van der Waals surface area contributed by atoms with E-state index in [2.05, 4.69) is 32.1 Å². The zero-order chi connectivity index (χ0) is 7.14. The molecule has 2 rings (SSSR count). The van der Waals surface area contributed by atoms with Crippen molar-refractivity contribution >= 4 is 0 Å². The standard InChI is InChI=1S/C10H14/c1-3-10-7(2)8-4-5-9(10)6-8/h4-7,9-10H,3H2,1-2H3. The Labute approximate surface area is 62.6 Å². The van der Waals surface area contributed by atoms with Crippen LogP contribution in [0, 0.1) is 17.8 Å². The molecule has 3 unspecified atom stereocenters. The zero-order valence-electron chi connectivity index (χ0n) is 6.67. The molecule has 0 radical (unpaired) electrons. The minimum atomic E-state index is 0.787. The number of allylic oxidation sites excluding steroid dienone is 4. The van der Waals surface area contributed by atoms with Crippen molar-refractivity contribution in [2.75, 3.05) is 0 Å². The van der Waals surface area contributed by atoms with Crippen LogP contribution in [0.25, 0.3) is 0 Å². The fourth-order valence-corrected chi connectivity index (χ4v) is 2.33. The summed E-state index contributed by atoms with van der Waals surface area (Å²) in [6.45, 7) is 4.65. The van der Waals surface area contributed by atoms with Crippen molar-refractivity contribution in [3.05, 3.63) is 23.8 Å². The predicted molar refractivity (Wildman–Crippen MR) is 43.7 cm³/mol. The van der Waals surface area contributed by atoms with Crippen LogP contribution in [-0.4, -0.2) is 0 Å². The highest BCUT2D eigenvalue weighted by Gasteiger charge is 2.33. The summed E-state index contributed by atoms with van der Waals surface area (Å²) in [7, 11) is 0. The Kier molecular flexibility index (Phi) is 1.23. The molecule has 10 heavy (non-hydrogen) atoms. The molecule has 2 bridgehead atoms. The first-order valence-corrected chi connectivity index (χ1v) is 4.23. The normalized spacial score (nSPS) is 42.6. The Morgan fingerprint density at radius 3 is 2.70 bits per heavy atom. The van der Waals surface area contributed by atoms with Gasteiger partial charge in [-0.05, 0) is 23.3 Å². The summed E-state index contributed by atoms with van der Waals surface area (Å²) in [5.74, 6) is 2.54. The van der Waals surface area contributed by atoms with E-state index in [0.29, 0.717) is 0 Å². The predicted octanol–water partition coefficient (Wildman–Crippen LogP) is 2.77. The number of rotatable bonds is 1. The van der Waals surface area contributed by atoms with Gasteiger partial charge in [-0.25, -0.2) is 0 Å². The van der Waals surface area contributed by atoms with Gasteiger partial charge in [0.1, 0.15) is 0 Å². The highest BCUT2D eigenvalue weighted by molar-refractivity contribution is 5.37. The van der Waals surface area contributed by atoms with Crippen LogP contribution < -0.4 is 0 Å². The molecule has 0 N–H and O–H groups in total. The van der Waals surface area contributed by atoms with Gasteiger partial charge in [0.25, 0.3) is 0 Å². The van der Waals surface area contributed by atoms with Gasteiger partial charge < -0.3 is 0 Å². The van der Waals surface area contributed by atoms with Crippen LogP contribution in [0.3, 0.4) is 0 Å². The van der Waals surface area contributed by atoms with E-state index in [1.54, 1.807) is 5.57 Å². The van der Waals surface area contributed by atoms with Gasteiger partial charge in [-0.2, -0.15) is 0 Å². The Morgan fingerprint density at radius 1 is 1.50 bits per heavy atom. The molecule has 0 amide bonds. The van der Waals surface area contributed by atoms with Crippen LogP contribution >= 0.6 is 0 Å². The zero-order valence-corrected chi connectivity index (χ0v) is 6.67. The summed E-state index contributed by atoms with van der Waals surface area (Å²) in [5, 5.41) is 0. The van der Waals surface area contributed by atoms with Gasteiger partial charge in [-0.15, -0.1) is 0 Å². The molecule has 2 aliphatic rings. The van der Waals surface area contributed by atoms with Crippen molar-refractivity contribution in [2.45, 2.75) is 20.3 Å². The maximum absolute atomic E-state index is 2.43. The highest BCUT2D eigenvalue weighted by atomic mass is 14.4. The SMILES string of the molecule is CCC1C2C=CC(=C2)C1C. The third-order valence-electron chi connectivity index (χ3n) is 3.03. The summed E-state index contributed by atoms with van der Waals surface area (Å²) in [6, 6.07) is 0. The largest absolute Gasteiger partial charge is 0.0770 e. The van der Waals surface area contributed by atoms with Crippen LogP contribution in [0.5, 0.6) is 0 Å².